The number of amides is 2. The smallest absolute Gasteiger partial charge is 0.243 e. The second-order valence-corrected chi connectivity index (χ2v) is 10.0. The quantitative estimate of drug-likeness (QED) is 0.421. The number of aryl methyl sites for hydroxylation is 3. The van der Waals surface area contributed by atoms with Crippen molar-refractivity contribution in [2.75, 3.05) is 6.54 Å². The fourth-order valence-electron chi connectivity index (χ4n) is 4.31. The Hall–Kier alpha value is -3.40. The normalized spacial score (nSPS) is 11.8. The Labute approximate surface area is 210 Å². The number of hydrogen-bond donors (Lipinski definition) is 1. The van der Waals surface area contributed by atoms with Gasteiger partial charge in [-0.15, -0.1) is 0 Å². The average Bonchev–Trinajstić information content (AvgIpc) is 2.81. The molecule has 1 N–H and O–H groups in total. The minimum absolute atomic E-state index is 0.0452. The van der Waals surface area contributed by atoms with Crippen LogP contribution < -0.4 is 5.32 Å². The van der Waals surface area contributed by atoms with E-state index in [2.05, 4.69) is 37.4 Å². The Morgan fingerprint density at radius 1 is 0.771 bits per heavy atom. The minimum Gasteiger partial charge on any atom is -0.354 e. The summed E-state index contributed by atoms with van der Waals surface area (Å²) in [6.45, 7) is 11.2. The van der Waals surface area contributed by atoms with E-state index >= 15 is 0 Å². The van der Waals surface area contributed by atoms with E-state index < -0.39 is 6.04 Å². The van der Waals surface area contributed by atoms with E-state index in [4.69, 9.17) is 0 Å². The molecule has 0 fully saturated rings. The van der Waals surface area contributed by atoms with E-state index in [0.29, 0.717) is 25.4 Å². The average molecular weight is 471 g/mol. The van der Waals surface area contributed by atoms with Crippen LogP contribution in [-0.4, -0.2) is 29.3 Å². The number of nitrogens with zero attached hydrogens (tertiary/aromatic N) is 1. The van der Waals surface area contributed by atoms with Gasteiger partial charge < -0.3 is 10.2 Å². The molecule has 35 heavy (non-hydrogen) atoms. The lowest BCUT2D eigenvalue weighted by atomic mass is 10.00. The first-order chi connectivity index (χ1) is 16.7. The van der Waals surface area contributed by atoms with Crippen molar-refractivity contribution < 1.29 is 9.59 Å². The Morgan fingerprint density at radius 3 is 2.00 bits per heavy atom. The summed E-state index contributed by atoms with van der Waals surface area (Å²) in [4.78, 5) is 29.1. The van der Waals surface area contributed by atoms with E-state index in [1.807, 2.05) is 75.4 Å². The molecule has 0 aliphatic rings. The van der Waals surface area contributed by atoms with Crippen LogP contribution in [0.5, 0.6) is 0 Å². The van der Waals surface area contributed by atoms with Crippen molar-refractivity contribution in [3.63, 3.8) is 0 Å². The third-order valence-corrected chi connectivity index (χ3v) is 6.07. The summed E-state index contributed by atoms with van der Waals surface area (Å²) in [6.07, 6.45) is 0.729. The fourth-order valence-corrected chi connectivity index (χ4v) is 4.31. The molecule has 0 saturated carbocycles. The number of carbonyl (C=O) groups is 2. The topological polar surface area (TPSA) is 49.4 Å². The van der Waals surface area contributed by atoms with Crippen LogP contribution in [0.15, 0.2) is 72.8 Å². The van der Waals surface area contributed by atoms with Gasteiger partial charge >= 0.3 is 0 Å². The number of rotatable bonds is 10. The molecule has 0 aliphatic heterocycles. The molecule has 0 bridgehead atoms. The zero-order valence-electron chi connectivity index (χ0n) is 21.7. The maximum absolute atomic E-state index is 13.8. The second-order valence-electron chi connectivity index (χ2n) is 10.0. The zero-order valence-corrected chi connectivity index (χ0v) is 21.7. The molecule has 0 unspecified atom stereocenters. The largest absolute Gasteiger partial charge is 0.354 e. The van der Waals surface area contributed by atoms with Crippen LogP contribution in [0, 0.1) is 26.7 Å². The first-order valence-electron chi connectivity index (χ1n) is 12.4. The van der Waals surface area contributed by atoms with Crippen LogP contribution >= 0.6 is 0 Å². The van der Waals surface area contributed by atoms with Crippen molar-refractivity contribution in [2.24, 2.45) is 5.92 Å². The highest BCUT2D eigenvalue weighted by Gasteiger charge is 2.30. The molecule has 1 atom stereocenters. The van der Waals surface area contributed by atoms with Gasteiger partial charge in [-0.1, -0.05) is 103 Å². The molecule has 3 aromatic rings. The lowest BCUT2D eigenvalue weighted by Crippen LogP contribution is -2.51. The molecule has 3 aromatic carbocycles. The van der Waals surface area contributed by atoms with E-state index in [-0.39, 0.29) is 18.2 Å². The van der Waals surface area contributed by atoms with Crippen molar-refractivity contribution in [3.05, 3.63) is 106 Å². The molecule has 0 spiro atoms. The molecular weight excluding hydrogens is 432 g/mol. The van der Waals surface area contributed by atoms with E-state index in [0.717, 1.165) is 33.4 Å². The molecule has 0 aliphatic carbocycles. The molecule has 3 rings (SSSR count). The van der Waals surface area contributed by atoms with Gasteiger partial charge in [0.1, 0.15) is 6.04 Å². The molecule has 4 heteroatoms. The highest BCUT2D eigenvalue weighted by atomic mass is 16.2. The van der Waals surface area contributed by atoms with Crippen molar-refractivity contribution in [1.82, 2.24) is 10.2 Å². The Morgan fingerprint density at radius 2 is 1.40 bits per heavy atom. The maximum Gasteiger partial charge on any atom is 0.243 e. The van der Waals surface area contributed by atoms with Crippen molar-refractivity contribution in [3.8, 4) is 0 Å². The third kappa shape index (κ3) is 8.10. The molecule has 4 nitrogen and oxygen atoms in total. The second kappa shape index (κ2) is 12.3. The summed E-state index contributed by atoms with van der Waals surface area (Å²) in [5.74, 6) is 0.174. The molecule has 0 heterocycles. The Balaban J connectivity index is 1.96. The molecule has 0 radical (unpaired) electrons. The minimum atomic E-state index is -0.601. The molecular formula is C31H38N2O2. The SMILES string of the molecule is Cc1ccc(CN(C(=O)Cc2cc(C)cc(C)c2)[C@H](Cc2ccccc2)C(=O)NCC(C)C)cc1. The van der Waals surface area contributed by atoms with Gasteiger partial charge in [0.25, 0.3) is 0 Å². The lowest BCUT2D eigenvalue weighted by molar-refractivity contribution is -0.140. The van der Waals surface area contributed by atoms with Gasteiger partial charge in [0, 0.05) is 19.5 Å². The van der Waals surface area contributed by atoms with Gasteiger partial charge in [0.15, 0.2) is 0 Å². The maximum atomic E-state index is 13.8. The molecule has 184 valence electrons. The molecule has 2 amide bonds. The first-order valence-corrected chi connectivity index (χ1v) is 12.4. The van der Waals surface area contributed by atoms with E-state index in [1.165, 1.54) is 0 Å². The summed E-state index contributed by atoms with van der Waals surface area (Å²) in [5, 5.41) is 3.08. The predicted octanol–water partition coefficient (Wildman–Crippen LogP) is 5.57. The third-order valence-electron chi connectivity index (χ3n) is 6.07. The standard InChI is InChI=1S/C31H38N2O2/c1-22(2)20-32-31(35)29(18-26-9-7-6-8-10-26)33(21-27-13-11-23(3)12-14-27)30(34)19-28-16-24(4)15-25(5)17-28/h6-17,22,29H,18-21H2,1-5H3,(H,32,35)/t29-/m1/s1. The molecule has 0 aromatic heterocycles. The number of carbonyl (C=O) groups excluding carboxylic acids is 2. The van der Waals surface area contributed by atoms with E-state index in [9.17, 15) is 9.59 Å². The summed E-state index contributed by atoms with van der Waals surface area (Å²) >= 11 is 0. The Kier molecular flexibility index (Phi) is 9.25. The highest BCUT2D eigenvalue weighted by Crippen LogP contribution is 2.18. The Bertz CT molecular complexity index is 1100. The van der Waals surface area contributed by atoms with Crippen molar-refractivity contribution in [2.45, 2.75) is 60.0 Å². The molecule has 0 saturated heterocycles. The fraction of sp³-hybridized carbons (Fsp3) is 0.355. The van der Waals surface area contributed by atoms with Gasteiger partial charge in [-0.2, -0.15) is 0 Å². The monoisotopic (exact) mass is 470 g/mol. The van der Waals surface area contributed by atoms with Gasteiger partial charge in [0.2, 0.25) is 11.8 Å². The van der Waals surface area contributed by atoms with Gasteiger partial charge in [-0.05, 0) is 43.4 Å². The summed E-state index contributed by atoms with van der Waals surface area (Å²) in [6, 6.07) is 23.7. The summed E-state index contributed by atoms with van der Waals surface area (Å²) in [7, 11) is 0. The number of nitrogens with one attached hydrogen (secondary N) is 1. The lowest BCUT2D eigenvalue weighted by Gasteiger charge is -2.32. The number of benzene rings is 3. The van der Waals surface area contributed by atoms with Crippen molar-refractivity contribution in [1.29, 1.82) is 0 Å². The van der Waals surface area contributed by atoms with Gasteiger partial charge in [-0.3, -0.25) is 9.59 Å². The summed E-state index contributed by atoms with van der Waals surface area (Å²) in [5.41, 5.74) is 6.45. The van der Waals surface area contributed by atoms with Gasteiger partial charge in [0.05, 0.1) is 6.42 Å². The van der Waals surface area contributed by atoms with Crippen molar-refractivity contribution >= 4 is 11.8 Å². The van der Waals surface area contributed by atoms with Crippen LogP contribution in [0.1, 0.15) is 47.2 Å². The van der Waals surface area contributed by atoms with Crippen LogP contribution in [0.25, 0.3) is 0 Å². The first kappa shape index (κ1) is 26.2. The van der Waals surface area contributed by atoms with Gasteiger partial charge in [-0.25, -0.2) is 0 Å². The highest BCUT2D eigenvalue weighted by molar-refractivity contribution is 5.88. The van der Waals surface area contributed by atoms with Crippen LogP contribution in [-0.2, 0) is 29.0 Å². The zero-order chi connectivity index (χ0) is 25.4. The van der Waals surface area contributed by atoms with E-state index in [1.54, 1.807) is 4.90 Å². The van der Waals surface area contributed by atoms with Crippen LogP contribution in [0.3, 0.4) is 0 Å². The predicted molar refractivity (Wildman–Crippen MR) is 143 cm³/mol. The van der Waals surface area contributed by atoms with Crippen LogP contribution in [0.2, 0.25) is 0 Å². The summed E-state index contributed by atoms with van der Waals surface area (Å²) < 4.78 is 0. The number of hydrogen-bond acceptors (Lipinski definition) is 2. The van der Waals surface area contributed by atoms with Crippen LogP contribution in [0.4, 0.5) is 0 Å².